The van der Waals surface area contributed by atoms with Crippen LogP contribution < -0.4 is 5.32 Å². The molecule has 0 radical (unpaired) electrons. The van der Waals surface area contributed by atoms with Gasteiger partial charge in [0.2, 0.25) is 0 Å². The smallest absolute Gasteiger partial charge is 0.0292 e. The maximum Gasteiger partial charge on any atom is 0.0292 e. The molecule has 0 spiro atoms. The van der Waals surface area contributed by atoms with Crippen LogP contribution in [0.25, 0.3) is 0 Å². The highest BCUT2D eigenvalue weighted by Crippen LogP contribution is 2.10. The van der Waals surface area contributed by atoms with Crippen LogP contribution in [0.1, 0.15) is 37.8 Å². The molecule has 1 saturated heterocycles. The summed E-state index contributed by atoms with van der Waals surface area (Å²) in [6.07, 6.45) is 7.74. The summed E-state index contributed by atoms with van der Waals surface area (Å²) in [6.45, 7) is 7.17. The first-order valence-corrected chi connectivity index (χ1v) is 6.72. The molecule has 1 aromatic heterocycles. The van der Waals surface area contributed by atoms with Gasteiger partial charge >= 0.3 is 0 Å². The number of hydrogen-bond donors (Lipinski definition) is 1. The van der Waals surface area contributed by atoms with Crippen LogP contribution in [-0.4, -0.2) is 36.1 Å². The second kappa shape index (κ2) is 6.72. The summed E-state index contributed by atoms with van der Waals surface area (Å²) in [5.41, 5.74) is 1.32. The summed E-state index contributed by atoms with van der Waals surface area (Å²) >= 11 is 0. The number of hydrogen-bond acceptors (Lipinski definition) is 3. The molecule has 1 aliphatic rings. The van der Waals surface area contributed by atoms with Crippen molar-refractivity contribution in [3.8, 4) is 0 Å². The van der Waals surface area contributed by atoms with Crippen molar-refractivity contribution in [2.45, 2.75) is 32.2 Å². The first-order chi connectivity index (χ1) is 8.36. The first kappa shape index (κ1) is 12.5. The van der Waals surface area contributed by atoms with Gasteiger partial charge < -0.3 is 10.2 Å². The number of rotatable bonds is 6. The molecule has 0 amide bonds. The fourth-order valence-electron chi connectivity index (χ4n) is 2.40. The molecule has 3 heteroatoms. The van der Waals surface area contributed by atoms with Crippen molar-refractivity contribution in [3.05, 3.63) is 30.1 Å². The van der Waals surface area contributed by atoms with Crippen molar-refractivity contribution in [1.82, 2.24) is 15.2 Å². The van der Waals surface area contributed by atoms with Gasteiger partial charge in [-0.3, -0.25) is 4.98 Å². The summed E-state index contributed by atoms with van der Waals surface area (Å²) in [5, 5.41) is 3.57. The maximum absolute atomic E-state index is 4.04. The molecule has 0 aliphatic carbocycles. The zero-order chi connectivity index (χ0) is 11.9. The van der Waals surface area contributed by atoms with Crippen molar-refractivity contribution in [2.75, 3.05) is 26.2 Å². The molecule has 0 unspecified atom stereocenters. The van der Waals surface area contributed by atoms with Gasteiger partial charge in [0, 0.05) is 18.4 Å². The third-order valence-corrected chi connectivity index (χ3v) is 3.51. The van der Waals surface area contributed by atoms with E-state index in [1.807, 2.05) is 12.4 Å². The molecule has 0 aromatic carbocycles. The first-order valence-electron chi connectivity index (χ1n) is 6.72. The van der Waals surface area contributed by atoms with Gasteiger partial charge in [-0.05, 0) is 70.1 Å². The summed E-state index contributed by atoms with van der Waals surface area (Å²) in [5.74, 6) is 0. The topological polar surface area (TPSA) is 28.2 Å². The van der Waals surface area contributed by atoms with Crippen molar-refractivity contribution in [2.24, 2.45) is 0 Å². The van der Waals surface area contributed by atoms with Crippen LogP contribution >= 0.6 is 0 Å². The van der Waals surface area contributed by atoms with E-state index in [9.17, 15) is 0 Å². The quantitative estimate of drug-likeness (QED) is 0.764. The molecule has 2 rings (SSSR count). The lowest BCUT2D eigenvalue weighted by atomic mass is 10.1. The molecule has 17 heavy (non-hydrogen) atoms. The molecule has 3 nitrogen and oxygen atoms in total. The Balaban J connectivity index is 1.61. The van der Waals surface area contributed by atoms with Crippen molar-refractivity contribution in [3.63, 3.8) is 0 Å². The summed E-state index contributed by atoms with van der Waals surface area (Å²) in [6, 6.07) is 4.59. The van der Waals surface area contributed by atoms with E-state index >= 15 is 0 Å². The van der Waals surface area contributed by atoms with E-state index in [-0.39, 0.29) is 0 Å². The van der Waals surface area contributed by atoms with Gasteiger partial charge in [-0.1, -0.05) is 0 Å². The van der Waals surface area contributed by atoms with Crippen molar-refractivity contribution >= 4 is 0 Å². The lowest BCUT2D eigenvalue weighted by Crippen LogP contribution is -2.26. The van der Waals surface area contributed by atoms with Crippen LogP contribution in [0.2, 0.25) is 0 Å². The lowest BCUT2D eigenvalue weighted by molar-refractivity contribution is 0.328. The Morgan fingerprint density at radius 1 is 1.29 bits per heavy atom. The van der Waals surface area contributed by atoms with Gasteiger partial charge in [-0.2, -0.15) is 0 Å². The minimum atomic E-state index is 0.427. The van der Waals surface area contributed by atoms with Gasteiger partial charge in [0.15, 0.2) is 0 Å². The molecule has 0 bridgehead atoms. The molecule has 1 atom stereocenters. The van der Waals surface area contributed by atoms with E-state index in [1.165, 1.54) is 44.5 Å². The molecule has 94 valence electrons. The van der Waals surface area contributed by atoms with Crippen LogP contribution in [0.4, 0.5) is 0 Å². The molecule has 0 saturated carbocycles. The third kappa shape index (κ3) is 4.10. The Hall–Kier alpha value is -0.930. The molecule has 1 aromatic rings. The Bertz CT molecular complexity index is 307. The molecule has 2 heterocycles. The van der Waals surface area contributed by atoms with Gasteiger partial charge in [0.25, 0.3) is 0 Å². The van der Waals surface area contributed by atoms with Crippen molar-refractivity contribution in [1.29, 1.82) is 0 Å². The third-order valence-electron chi connectivity index (χ3n) is 3.51. The average molecular weight is 233 g/mol. The van der Waals surface area contributed by atoms with Gasteiger partial charge in [0.1, 0.15) is 0 Å². The highest BCUT2D eigenvalue weighted by molar-refractivity contribution is 5.13. The minimum absolute atomic E-state index is 0.427. The molecule has 1 fully saturated rings. The summed E-state index contributed by atoms with van der Waals surface area (Å²) in [7, 11) is 0. The normalized spacial score (nSPS) is 18.4. The average Bonchev–Trinajstić information content (AvgIpc) is 2.88. The van der Waals surface area contributed by atoms with Crippen LogP contribution in [0.3, 0.4) is 0 Å². The van der Waals surface area contributed by atoms with Gasteiger partial charge in [0.05, 0.1) is 0 Å². The fraction of sp³-hybridized carbons (Fsp3) is 0.643. The van der Waals surface area contributed by atoms with Crippen LogP contribution in [-0.2, 0) is 0 Å². The van der Waals surface area contributed by atoms with Crippen LogP contribution in [0, 0.1) is 0 Å². The van der Waals surface area contributed by atoms with E-state index < -0.39 is 0 Å². The Morgan fingerprint density at radius 3 is 2.71 bits per heavy atom. The monoisotopic (exact) mass is 233 g/mol. The zero-order valence-electron chi connectivity index (χ0n) is 10.7. The predicted octanol–water partition coefficient (Wildman–Crippen LogP) is 2.22. The standard InChI is InChI=1S/C14H23N3/c1-13(14-5-8-15-9-6-14)16-7-4-12-17-10-2-3-11-17/h5-6,8-9,13,16H,2-4,7,10-12H2,1H3/t13-/m1/s1. The summed E-state index contributed by atoms with van der Waals surface area (Å²) in [4.78, 5) is 6.61. The SMILES string of the molecule is C[C@@H](NCCCN1CCCC1)c1ccncc1. The zero-order valence-corrected chi connectivity index (χ0v) is 10.7. The molecule has 1 aliphatic heterocycles. The summed E-state index contributed by atoms with van der Waals surface area (Å²) < 4.78 is 0. The molecule has 1 N–H and O–H groups in total. The number of nitrogens with zero attached hydrogens (tertiary/aromatic N) is 2. The Kier molecular flexibility index (Phi) is 4.95. The Morgan fingerprint density at radius 2 is 2.00 bits per heavy atom. The van der Waals surface area contributed by atoms with Gasteiger partial charge in [-0.25, -0.2) is 0 Å². The van der Waals surface area contributed by atoms with Gasteiger partial charge in [-0.15, -0.1) is 0 Å². The van der Waals surface area contributed by atoms with E-state index in [4.69, 9.17) is 0 Å². The number of pyridine rings is 1. The second-order valence-corrected chi connectivity index (χ2v) is 4.86. The van der Waals surface area contributed by atoms with E-state index in [0.717, 1.165) is 6.54 Å². The van der Waals surface area contributed by atoms with Crippen LogP contribution in [0.15, 0.2) is 24.5 Å². The largest absolute Gasteiger partial charge is 0.310 e. The molecular formula is C14H23N3. The van der Waals surface area contributed by atoms with E-state index in [0.29, 0.717) is 6.04 Å². The highest BCUT2D eigenvalue weighted by atomic mass is 15.1. The number of aromatic nitrogens is 1. The van der Waals surface area contributed by atoms with E-state index in [2.05, 4.69) is 34.3 Å². The molecular weight excluding hydrogens is 210 g/mol. The lowest BCUT2D eigenvalue weighted by Gasteiger charge is -2.17. The predicted molar refractivity (Wildman–Crippen MR) is 70.9 cm³/mol. The number of likely N-dealkylation sites (tertiary alicyclic amines) is 1. The Labute approximate surface area is 104 Å². The fourth-order valence-corrected chi connectivity index (χ4v) is 2.40. The minimum Gasteiger partial charge on any atom is -0.310 e. The maximum atomic E-state index is 4.04. The van der Waals surface area contributed by atoms with E-state index in [1.54, 1.807) is 0 Å². The second-order valence-electron chi connectivity index (χ2n) is 4.86. The van der Waals surface area contributed by atoms with Crippen molar-refractivity contribution < 1.29 is 0 Å². The number of nitrogens with one attached hydrogen (secondary N) is 1. The highest BCUT2D eigenvalue weighted by Gasteiger charge is 2.10. The van der Waals surface area contributed by atoms with Crippen LogP contribution in [0.5, 0.6) is 0 Å².